The van der Waals surface area contributed by atoms with Gasteiger partial charge >= 0.3 is 0 Å². The summed E-state index contributed by atoms with van der Waals surface area (Å²) in [6.45, 7) is 10.9. The molecule has 0 bridgehead atoms. The minimum Gasteiger partial charge on any atom is -0.393 e. The van der Waals surface area contributed by atoms with Crippen LogP contribution in [0.1, 0.15) is 58.8 Å². The third-order valence-corrected chi connectivity index (χ3v) is 8.88. The van der Waals surface area contributed by atoms with Gasteiger partial charge in [-0.2, -0.15) is 0 Å². The van der Waals surface area contributed by atoms with E-state index >= 15 is 0 Å². The quantitative estimate of drug-likeness (QED) is 0.641. The molecule has 0 unspecified atom stereocenters. The van der Waals surface area contributed by atoms with Gasteiger partial charge in [0.2, 0.25) is 6.43 Å². The summed E-state index contributed by atoms with van der Waals surface area (Å²) in [7, 11) is 0. The molecule has 4 aliphatic rings. The van der Waals surface area contributed by atoms with Crippen LogP contribution in [-0.4, -0.2) is 53.4 Å². The van der Waals surface area contributed by atoms with Crippen LogP contribution in [0.2, 0.25) is 0 Å². The first-order valence-electron chi connectivity index (χ1n) is 12.1. The fourth-order valence-electron chi connectivity index (χ4n) is 7.13. The highest BCUT2D eigenvalue weighted by Gasteiger charge is 2.51. The lowest BCUT2D eigenvalue weighted by molar-refractivity contribution is -0.0381. The third-order valence-electron chi connectivity index (χ3n) is 8.88. The number of hydrogen-bond acceptors (Lipinski definition) is 3. The SMILES string of the molecule is C=C1/C(=C\C=C2/CCC[C@]3(C)[C@@H]([C@H](C)CN4CC(C(F)F)C4)CC[C@@H]23)C[C@@H](O)C[C@H]1O. The zero-order valence-electron chi connectivity index (χ0n) is 19.1. The van der Waals surface area contributed by atoms with Gasteiger partial charge in [0.1, 0.15) is 0 Å². The fraction of sp³-hybridized carbons (Fsp3) is 0.769. The van der Waals surface area contributed by atoms with Gasteiger partial charge in [0.25, 0.3) is 0 Å². The summed E-state index contributed by atoms with van der Waals surface area (Å²) in [5.41, 5.74) is 3.49. The van der Waals surface area contributed by atoms with Gasteiger partial charge in [-0.1, -0.05) is 38.2 Å². The standard InChI is InChI=1S/C26H39F2NO2/c1-16(13-29-14-20(15-29)25(27)28)22-8-9-23-18(5-4-10-26(22,23)3)6-7-19-11-21(30)12-24(31)17(19)2/h6-7,16,20-25,30-31H,2,4-5,8-15H2,1,3H3/b18-6+,19-7-/t16-,21-,22-,23+,24-,26-/m1/s1. The molecule has 0 aromatic carbocycles. The molecule has 0 spiro atoms. The van der Waals surface area contributed by atoms with Gasteiger partial charge in [0, 0.05) is 32.0 Å². The van der Waals surface area contributed by atoms with Crippen molar-refractivity contribution in [3.63, 3.8) is 0 Å². The highest BCUT2D eigenvalue weighted by molar-refractivity contribution is 5.38. The van der Waals surface area contributed by atoms with Crippen LogP contribution in [-0.2, 0) is 0 Å². The number of fused-ring (bicyclic) bond motifs is 1. The first-order chi connectivity index (χ1) is 14.7. The third kappa shape index (κ3) is 4.56. The Kier molecular flexibility index (Phi) is 6.77. The van der Waals surface area contributed by atoms with Crippen molar-refractivity contribution in [1.29, 1.82) is 0 Å². The van der Waals surface area contributed by atoms with E-state index in [4.69, 9.17) is 0 Å². The van der Waals surface area contributed by atoms with Crippen LogP contribution >= 0.6 is 0 Å². The van der Waals surface area contributed by atoms with E-state index < -0.39 is 24.6 Å². The predicted molar refractivity (Wildman–Crippen MR) is 120 cm³/mol. The van der Waals surface area contributed by atoms with Gasteiger partial charge in [-0.05, 0) is 72.8 Å². The molecule has 6 atom stereocenters. The Bertz CT molecular complexity index is 742. The van der Waals surface area contributed by atoms with E-state index in [1.165, 1.54) is 31.3 Å². The van der Waals surface area contributed by atoms with Crippen molar-refractivity contribution < 1.29 is 19.0 Å². The maximum atomic E-state index is 12.8. The van der Waals surface area contributed by atoms with Crippen molar-refractivity contribution in [3.05, 3.63) is 35.5 Å². The molecule has 0 aromatic rings. The van der Waals surface area contributed by atoms with Crippen LogP contribution < -0.4 is 0 Å². The predicted octanol–water partition coefficient (Wildman–Crippen LogP) is 4.96. The number of rotatable bonds is 5. The minimum atomic E-state index is -2.18. The molecule has 1 saturated heterocycles. The Hall–Kier alpha value is -1.04. The number of allylic oxidation sites excluding steroid dienone is 3. The molecular formula is C26H39F2NO2. The second-order valence-electron chi connectivity index (χ2n) is 11.0. The molecule has 174 valence electrons. The lowest BCUT2D eigenvalue weighted by Crippen LogP contribution is -2.52. The van der Waals surface area contributed by atoms with Crippen molar-refractivity contribution in [3.8, 4) is 0 Å². The van der Waals surface area contributed by atoms with Crippen LogP contribution in [0.4, 0.5) is 8.78 Å². The summed E-state index contributed by atoms with van der Waals surface area (Å²) in [5, 5.41) is 20.1. The average Bonchev–Trinajstić information content (AvgIpc) is 3.03. The zero-order chi connectivity index (χ0) is 22.3. The Morgan fingerprint density at radius 1 is 1.23 bits per heavy atom. The molecule has 3 nitrogen and oxygen atoms in total. The van der Waals surface area contributed by atoms with E-state index in [0.717, 1.165) is 24.1 Å². The second-order valence-corrected chi connectivity index (χ2v) is 11.0. The van der Waals surface area contributed by atoms with Crippen LogP contribution in [0.25, 0.3) is 0 Å². The number of likely N-dealkylation sites (tertiary alicyclic amines) is 1. The number of aliphatic hydroxyl groups excluding tert-OH is 2. The van der Waals surface area contributed by atoms with Crippen LogP contribution in [0.15, 0.2) is 35.5 Å². The molecule has 3 saturated carbocycles. The number of nitrogens with zero attached hydrogens (tertiary/aromatic N) is 1. The summed E-state index contributed by atoms with van der Waals surface area (Å²) in [6, 6.07) is 0. The lowest BCUT2D eigenvalue weighted by Gasteiger charge is -2.47. The molecule has 1 heterocycles. The maximum Gasteiger partial charge on any atom is 0.243 e. The first kappa shape index (κ1) is 23.1. The molecule has 0 radical (unpaired) electrons. The Morgan fingerprint density at radius 2 is 1.97 bits per heavy atom. The van der Waals surface area contributed by atoms with Gasteiger partial charge in [-0.25, -0.2) is 8.78 Å². The summed E-state index contributed by atoms with van der Waals surface area (Å²) in [6.07, 6.45) is 7.93. The van der Waals surface area contributed by atoms with Crippen molar-refractivity contribution >= 4 is 0 Å². The van der Waals surface area contributed by atoms with E-state index in [-0.39, 0.29) is 5.41 Å². The van der Waals surface area contributed by atoms with Crippen LogP contribution in [0.5, 0.6) is 0 Å². The number of alkyl halides is 2. The molecule has 4 rings (SSSR count). The average molecular weight is 436 g/mol. The first-order valence-corrected chi connectivity index (χ1v) is 12.1. The number of halogens is 2. The molecule has 1 aliphatic heterocycles. The van der Waals surface area contributed by atoms with E-state index in [9.17, 15) is 19.0 Å². The summed E-state index contributed by atoms with van der Waals surface area (Å²) in [4.78, 5) is 2.22. The zero-order valence-corrected chi connectivity index (χ0v) is 19.1. The van der Waals surface area contributed by atoms with Gasteiger partial charge in [0.15, 0.2) is 0 Å². The Balaban J connectivity index is 1.43. The number of aliphatic hydroxyl groups is 2. The highest BCUT2D eigenvalue weighted by atomic mass is 19.3. The van der Waals surface area contributed by atoms with Gasteiger partial charge in [0.05, 0.1) is 12.2 Å². The van der Waals surface area contributed by atoms with Gasteiger partial charge in [-0.3, -0.25) is 0 Å². The normalized spacial score (nSPS) is 41.1. The second kappa shape index (κ2) is 9.07. The topological polar surface area (TPSA) is 43.7 Å². The van der Waals surface area contributed by atoms with Gasteiger partial charge in [-0.15, -0.1) is 0 Å². The lowest BCUT2D eigenvalue weighted by atomic mass is 9.61. The van der Waals surface area contributed by atoms with Crippen molar-refractivity contribution in [2.45, 2.75) is 77.4 Å². The van der Waals surface area contributed by atoms with E-state index in [2.05, 4.69) is 37.5 Å². The molecule has 4 fully saturated rings. The molecule has 0 aromatic heterocycles. The van der Waals surface area contributed by atoms with E-state index in [1.54, 1.807) is 0 Å². The van der Waals surface area contributed by atoms with Crippen LogP contribution in [0, 0.1) is 29.1 Å². The van der Waals surface area contributed by atoms with Crippen LogP contribution in [0.3, 0.4) is 0 Å². The van der Waals surface area contributed by atoms with Gasteiger partial charge < -0.3 is 15.1 Å². The smallest absolute Gasteiger partial charge is 0.243 e. The summed E-state index contributed by atoms with van der Waals surface area (Å²) in [5.74, 6) is 1.30. The largest absolute Gasteiger partial charge is 0.393 e. The molecule has 2 N–H and O–H groups in total. The highest BCUT2D eigenvalue weighted by Crippen LogP contribution is 2.59. The summed E-state index contributed by atoms with van der Waals surface area (Å²) < 4.78 is 25.6. The fourth-order valence-corrected chi connectivity index (χ4v) is 7.13. The maximum absolute atomic E-state index is 12.8. The van der Waals surface area contributed by atoms with Crippen molar-refractivity contribution in [2.75, 3.05) is 19.6 Å². The van der Waals surface area contributed by atoms with E-state index in [1.807, 2.05) is 0 Å². The van der Waals surface area contributed by atoms with Crippen molar-refractivity contribution in [2.24, 2.45) is 29.1 Å². The molecule has 0 amide bonds. The van der Waals surface area contributed by atoms with Crippen molar-refractivity contribution in [1.82, 2.24) is 4.90 Å². The Labute approximate surface area is 185 Å². The Morgan fingerprint density at radius 3 is 2.68 bits per heavy atom. The number of hydrogen-bond donors (Lipinski definition) is 2. The minimum absolute atomic E-state index is 0.275. The molecular weight excluding hydrogens is 396 g/mol. The summed E-state index contributed by atoms with van der Waals surface area (Å²) >= 11 is 0. The molecule has 31 heavy (non-hydrogen) atoms. The van der Waals surface area contributed by atoms with E-state index in [0.29, 0.717) is 43.7 Å². The molecule has 5 heteroatoms. The monoisotopic (exact) mass is 435 g/mol. The molecule has 3 aliphatic carbocycles.